The monoisotopic (exact) mass is 302 g/mol. The molecule has 21 heavy (non-hydrogen) atoms. The zero-order valence-corrected chi connectivity index (χ0v) is 13.3. The number of benzene rings is 1. The van der Waals surface area contributed by atoms with E-state index in [4.69, 9.17) is 0 Å². The van der Waals surface area contributed by atoms with E-state index in [1.807, 2.05) is 42.6 Å². The van der Waals surface area contributed by atoms with Gasteiger partial charge in [-0.1, -0.05) is 49.7 Å². The van der Waals surface area contributed by atoms with Gasteiger partial charge in [-0.3, -0.25) is 0 Å². The summed E-state index contributed by atoms with van der Waals surface area (Å²) in [4.78, 5) is 13.4. The first-order valence-corrected chi connectivity index (χ1v) is 8.24. The van der Waals surface area contributed by atoms with Crippen molar-refractivity contribution >= 4 is 17.4 Å². The number of carbonyl (C=O) groups excluding carboxylic acids is 1. The highest BCUT2D eigenvalue weighted by molar-refractivity contribution is 7.10. The second-order valence-corrected chi connectivity index (χ2v) is 6.09. The standard InChI is InChI=1S/C17H22N2OS/c1-3-8-15(14-9-5-4-6-10-14)19-17(20)18-13(2)16-11-7-12-21-16/h4-7,9-13,15H,3,8H2,1-2H3,(H2,18,19,20)/t13-,15+/m0/s1. The maximum Gasteiger partial charge on any atom is 0.315 e. The Hall–Kier alpha value is -1.81. The molecule has 0 radical (unpaired) electrons. The minimum absolute atomic E-state index is 0.0306. The predicted molar refractivity (Wildman–Crippen MR) is 88.5 cm³/mol. The second-order valence-electron chi connectivity index (χ2n) is 5.11. The molecule has 3 nitrogen and oxygen atoms in total. The van der Waals surface area contributed by atoms with Crippen LogP contribution in [0.3, 0.4) is 0 Å². The summed E-state index contributed by atoms with van der Waals surface area (Å²) in [5.41, 5.74) is 1.15. The molecule has 1 heterocycles. The van der Waals surface area contributed by atoms with Gasteiger partial charge in [-0.2, -0.15) is 0 Å². The van der Waals surface area contributed by atoms with Crippen LogP contribution >= 0.6 is 11.3 Å². The topological polar surface area (TPSA) is 41.1 Å². The minimum atomic E-state index is -0.113. The lowest BCUT2D eigenvalue weighted by Gasteiger charge is -2.21. The summed E-state index contributed by atoms with van der Waals surface area (Å²) in [6.07, 6.45) is 1.96. The molecule has 0 fully saturated rings. The first-order chi connectivity index (χ1) is 10.2. The van der Waals surface area contributed by atoms with Gasteiger partial charge in [0.2, 0.25) is 0 Å². The molecule has 0 saturated carbocycles. The molecule has 0 bridgehead atoms. The number of rotatable bonds is 6. The van der Waals surface area contributed by atoms with E-state index in [-0.39, 0.29) is 18.1 Å². The molecule has 0 saturated heterocycles. The molecule has 0 unspecified atom stereocenters. The maximum absolute atomic E-state index is 12.2. The van der Waals surface area contributed by atoms with Gasteiger partial charge in [-0.25, -0.2) is 4.79 Å². The van der Waals surface area contributed by atoms with Gasteiger partial charge in [-0.15, -0.1) is 11.3 Å². The van der Waals surface area contributed by atoms with Crippen molar-refractivity contribution in [2.45, 2.75) is 38.8 Å². The van der Waals surface area contributed by atoms with Gasteiger partial charge < -0.3 is 10.6 Å². The van der Waals surface area contributed by atoms with Gasteiger partial charge >= 0.3 is 6.03 Å². The van der Waals surface area contributed by atoms with Gasteiger partial charge in [0.15, 0.2) is 0 Å². The Kier molecular flexibility index (Phi) is 5.81. The highest BCUT2D eigenvalue weighted by Crippen LogP contribution is 2.20. The molecule has 2 rings (SSSR count). The first kappa shape index (κ1) is 15.6. The van der Waals surface area contributed by atoms with E-state index in [2.05, 4.69) is 29.7 Å². The molecular formula is C17H22N2OS. The van der Waals surface area contributed by atoms with Crippen LogP contribution in [-0.2, 0) is 0 Å². The Morgan fingerprint density at radius 2 is 1.90 bits per heavy atom. The smallest absolute Gasteiger partial charge is 0.315 e. The van der Waals surface area contributed by atoms with E-state index in [1.165, 1.54) is 0 Å². The summed E-state index contributed by atoms with van der Waals surface area (Å²) in [5.74, 6) is 0. The van der Waals surface area contributed by atoms with Crippen LogP contribution in [0, 0.1) is 0 Å². The van der Waals surface area contributed by atoms with Crippen molar-refractivity contribution in [3.05, 3.63) is 58.3 Å². The third kappa shape index (κ3) is 4.60. The SMILES string of the molecule is CCC[C@@H](NC(=O)N[C@@H](C)c1cccs1)c1ccccc1. The summed E-state index contributed by atoms with van der Waals surface area (Å²) < 4.78 is 0. The molecule has 0 aliphatic carbocycles. The summed E-state index contributed by atoms with van der Waals surface area (Å²) in [7, 11) is 0. The minimum Gasteiger partial charge on any atom is -0.331 e. The Bertz CT molecular complexity index is 539. The quantitative estimate of drug-likeness (QED) is 0.801. The molecule has 2 N–H and O–H groups in total. The van der Waals surface area contributed by atoms with Crippen molar-refractivity contribution < 1.29 is 4.79 Å². The molecule has 2 amide bonds. The first-order valence-electron chi connectivity index (χ1n) is 7.36. The molecule has 1 aromatic heterocycles. The molecule has 0 spiro atoms. The van der Waals surface area contributed by atoms with E-state index in [0.29, 0.717) is 0 Å². The lowest BCUT2D eigenvalue weighted by molar-refractivity contribution is 0.233. The Labute approximate surface area is 130 Å². The average Bonchev–Trinajstić information content (AvgIpc) is 3.02. The number of hydrogen-bond donors (Lipinski definition) is 2. The van der Waals surface area contributed by atoms with E-state index in [1.54, 1.807) is 11.3 Å². The van der Waals surface area contributed by atoms with Crippen LogP contribution in [0.25, 0.3) is 0 Å². The van der Waals surface area contributed by atoms with Crippen LogP contribution in [0.1, 0.15) is 49.2 Å². The number of amides is 2. The molecular weight excluding hydrogens is 280 g/mol. The molecule has 0 aliphatic rings. The van der Waals surface area contributed by atoms with Crippen molar-refractivity contribution in [2.24, 2.45) is 0 Å². The third-order valence-electron chi connectivity index (χ3n) is 3.40. The van der Waals surface area contributed by atoms with E-state index < -0.39 is 0 Å². The Morgan fingerprint density at radius 3 is 2.52 bits per heavy atom. The molecule has 4 heteroatoms. The van der Waals surface area contributed by atoms with Crippen LogP contribution in [0.5, 0.6) is 0 Å². The molecule has 1 aromatic carbocycles. The highest BCUT2D eigenvalue weighted by atomic mass is 32.1. The normalized spacial score (nSPS) is 13.4. The van der Waals surface area contributed by atoms with Crippen molar-refractivity contribution in [1.82, 2.24) is 10.6 Å². The lowest BCUT2D eigenvalue weighted by Crippen LogP contribution is -2.39. The lowest BCUT2D eigenvalue weighted by atomic mass is 10.0. The maximum atomic E-state index is 12.2. The summed E-state index contributed by atoms with van der Waals surface area (Å²) in [6, 6.07) is 14.1. The summed E-state index contributed by atoms with van der Waals surface area (Å²) in [5, 5.41) is 8.11. The summed E-state index contributed by atoms with van der Waals surface area (Å²) in [6.45, 7) is 4.13. The van der Waals surface area contributed by atoms with E-state index >= 15 is 0 Å². The van der Waals surface area contributed by atoms with Gasteiger partial charge in [0.1, 0.15) is 0 Å². The van der Waals surface area contributed by atoms with Gasteiger partial charge in [0.05, 0.1) is 12.1 Å². The molecule has 0 aliphatic heterocycles. The summed E-state index contributed by atoms with van der Waals surface area (Å²) >= 11 is 1.66. The predicted octanol–water partition coefficient (Wildman–Crippen LogP) is 4.65. The molecule has 2 aromatic rings. The fourth-order valence-electron chi connectivity index (χ4n) is 2.30. The van der Waals surface area contributed by atoms with Gasteiger partial charge in [0, 0.05) is 4.88 Å². The van der Waals surface area contributed by atoms with Crippen molar-refractivity contribution in [1.29, 1.82) is 0 Å². The fraction of sp³-hybridized carbons (Fsp3) is 0.353. The fourth-order valence-corrected chi connectivity index (χ4v) is 3.04. The van der Waals surface area contributed by atoms with E-state index in [0.717, 1.165) is 23.3 Å². The van der Waals surface area contributed by atoms with Gasteiger partial charge in [0.25, 0.3) is 0 Å². The zero-order valence-electron chi connectivity index (χ0n) is 12.5. The average molecular weight is 302 g/mol. The number of nitrogens with one attached hydrogen (secondary N) is 2. The second kappa shape index (κ2) is 7.84. The van der Waals surface area contributed by atoms with Crippen molar-refractivity contribution in [3.8, 4) is 0 Å². The molecule has 112 valence electrons. The number of thiophene rings is 1. The van der Waals surface area contributed by atoms with Crippen LogP contribution in [0.4, 0.5) is 4.79 Å². The van der Waals surface area contributed by atoms with Crippen LogP contribution < -0.4 is 10.6 Å². The van der Waals surface area contributed by atoms with Crippen molar-refractivity contribution in [2.75, 3.05) is 0 Å². The largest absolute Gasteiger partial charge is 0.331 e. The van der Waals surface area contributed by atoms with Crippen LogP contribution in [0.2, 0.25) is 0 Å². The number of urea groups is 1. The van der Waals surface area contributed by atoms with Crippen molar-refractivity contribution in [3.63, 3.8) is 0 Å². The van der Waals surface area contributed by atoms with E-state index in [9.17, 15) is 4.79 Å². The van der Waals surface area contributed by atoms with Crippen LogP contribution in [0.15, 0.2) is 47.8 Å². The highest BCUT2D eigenvalue weighted by Gasteiger charge is 2.15. The zero-order chi connectivity index (χ0) is 15.1. The Morgan fingerprint density at radius 1 is 1.14 bits per heavy atom. The molecule has 2 atom stereocenters. The Balaban J connectivity index is 1.95. The van der Waals surface area contributed by atoms with Gasteiger partial charge in [-0.05, 0) is 30.4 Å². The third-order valence-corrected chi connectivity index (χ3v) is 4.46. The number of carbonyl (C=O) groups is 1. The van der Waals surface area contributed by atoms with Crippen LogP contribution in [-0.4, -0.2) is 6.03 Å². The number of hydrogen-bond acceptors (Lipinski definition) is 2.